The Balaban J connectivity index is 1.81. The van der Waals surface area contributed by atoms with Crippen molar-refractivity contribution in [3.05, 3.63) is 71.3 Å². The van der Waals surface area contributed by atoms with E-state index in [-0.39, 0.29) is 23.8 Å². The molecule has 110 valence electrons. The lowest BCUT2D eigenvalue weighted by Crippen LogP contribution is -2.23. The Morgan fingerprint density at radius 2 is 1.14 bits per heavy atom. The van der Waals surface area contributed by atoms with Crippen LogP contribution in [0, 0.1) is 11.6 Å². The monoisotopic (exact) mass is 352 g/mol. The van der Waals surface area contributed by atoms with Crippen molar-refractivity contribution in [1.29, 1.82) is 0 Å². The van der Waals surface area contributed by atoms with E-state index in [1.165, 1.54) is 24.3 Å². The molecule has 1 unspecified atom stereocenters. The first-order valence-electron chi connectivity index (χ1n) is 6.92. The first kappa shape index (κ1) is 14.7. The van der Waals surface area contributed by atoms with Gasteiger partial charge in [0.15, 0.2) is 0 Å². The minimum Gasteiger partial charge on any atom is -0.366 e. The van der Waals surface area contributed by atoms with Crippen LogP contribution in [0.4, 0.5) is 8.78 Å². The number of ether oxygens (including phenoxy) is 1. The van der Waals surface area contributed by atoms with E-state index in [9.17, 15) is 8.78 Å². The summed E-state index contributed by atoms with van der Waals surface area (Å²) in [7, 11) is 0. The molecule has 0 amide bonds. The van der Waals surface area contributed by atoms with E-state index in [4.69, 9.17) is 4.74 Å². The molecule has 0 aliphatic carbocycles. The molecule has 0 spiro atoms. The second kappa shape index (κ2) is 6.24. The van der Waals surface area contributed by atoms with Gasteiger partial charge in [0.1, 0.15) is 11.6 Å². The highest BCUT2D eigenvalue weighted by Crippen LogP contribution is 2.41. The van der Waals surface area contributed by atoms with E-state index in [0.29, 0.717) is 4.83 Å². The van der Waals surface area contributed by atoms with Crippen molar-refractivity contribution in [2.75, 3.05) is 0 Å². The van der Waals surface area contributed by atoms with Crippen molar-refractivity contribution >= 4 is 15.9 Å². The van der Waals surface area contributed by atoms with E-state index >= 15 is 0 Å². The molecule has 4 heteroatoms. The summed E-state index contributed by atoms with van der Waals surface area (Å²) in [5.41, 5.74) is 1.93. The Bertz CT molecular complexity index is 544. The molecule has 3 atom stereocenters. The minimum absolute atomic E-state index is 0.0845. The van der Waals surface area contributed by atoms with Gasteiger partial charge in [-0.1, -0.05) is 40.2 Å². The fraction of sp³-hybridized carbons (Fsp3) is 0.294. The average molecular weight is 353 g/mol. The SMILES string of the molecule is Fc1ccc([C@@H]2CC(Br)C[C@H](c3ccc(F)cc3)O2)cc1. The van der Waals surface area contributed by atoms with Crippen molar-refractivity contribution in [3.63, 3.8) is 0 Å². The van der Waals surface area contributed by atoms with Gasteiger partial charge in [-0.3, -0.25) is 0 Å². The Kier molecular flexibility index (Phi) is 4.36. The van der Waals surface area contributed by atoms with Gasteiger partial charge >= 0.3 is 0 Å². The van der Waals surface area contributed by atoms with Crippen molar-refractivity contribution in [2.24, 2.45) is 0 Å². The first-order chi connectivity index (χ1) is 10.1. The Labute approximate surface area is 131 Å². The average Bonchev–Trinajstić information content (AvgIpc) is 2.48. The summed E-state index contributed by atoms with van der Waals surface area (Å²) in [5, 5.41) is 0. The number of benzene rings is 2. The highest BCUT2D eigenvalue weighted by Gasteiger charge is 2.30. The maximum absolute atomic E-state index is 13.0. The molecule has 0 bridgehead atoms. The van der Waals surface area contributed by atoms with Crippen LogP contribution in [0.3, 0.4) is 0 Å². The molecule has 2 aromatic rings. The van der Waals surface area contributed by atoms with E-state index in [2.05, 4.69) is 15.9 Å². The topological polar surface area (TPSA) is 9.23 Å². The predicted octanol–water partition coefficient (Wildman–Crippen LogP) is 5.32. The number of rotatable bonds is 2. The Morgan fingerprint density at radius 1 is 0.762 bits per heavy atom. The van der Waals surface area contributed by atoms with Gasteiger partial charge in [0, 0.05) is 4.83 Å². The normalized spacial score (nSPS) is 25.8. The molecule has 2 aromatic carbocycles. The van der Waals surface area contributed by atoms with Crippen LogP contribution in [0.2, 0.25) is 0 Å². The predicted molar refractivity (Wildman–Crippen MR) is 81.3 cm³/mol. The molecule has 0 saturated carbocycles. The fourth-order valence-electron chi connectivity index (χ4n) is 2.65. The largest absolute Gasteiger partial charge is 0.366 e. The van der Waals surface area contributed by atoms with Crippen LogP contribution in [-0.2, 0) is 4.74 Å². The number of alkyl halides is 1. The van der Waals surface area contributed by atoms with Crippen LogP contribution in [0.5, 0.6) is 0 Å². The molecule has 3 rings (SSSR count). The van der Waals surface area contributed by atoms with Crippen molar-refractivity contribution < 1.29 is 13.5 Å². The van der Waals surface area contributed by atoms with E-state index < -0.39 is 0 Å². The number of hydrogen-bond acceptors (Lipinski definition) is 1. The standard InChI is InChI=1S/C17H15BrF2O/c18-13-9-16(11-1-5-14(19)6-2-11)21-17(10-13)12-3-7-15(20)8-4-12/h1-8,13,16-17H,9-10H2/t13?,16-,17+. The molecule has 1 heterocycles. The van der Waals surface area contributed by atoms with Gasteiger partial charge in [-0.05, 0) is 48.2 Å². The van der Waals surface area contributed by atoms with Crippen LogP contribution in [0.1, 0.15) is 36.2 Å². The fourth-order valence-corrected chi connectivity index (χ4v) is 3.33. The van der Waals surface area contributed by atoms with E-state index in [1.54, 1.807) is 24.3 Å². The van der Waals surface area contributed by atoms with Gasteiger partial charge in [-0.2, -0.15) is 0 Å². The number of hydrogen-bond donors (Lipinski definition) is 0. The van der Waals surface area contributed by atoms with Crippen molar-refractivity contribution in [1.82, 2.24) is 0 Å². The minimum atomic E-state index is -0.250. The van der Waals surface area contributed by atoms with Gasteiger partial charge < -0.3 is 4.74 Å². The molecule has 21 heavy (non-hydrogen) atoms. The second-order valence-corrected chi connectivity index (χ2v) is 6.58. The summed E-state index contributed by atoms with van der Waals surface area (Å²) in [6, 6.07) is 12.8. The molecule has 0 aromatic heterocycles. The van der Waals surface area contributed by atoms with Gasteiger partial charge in [0.2, 0.25) is 0 Å². The summed E-state index contributed by atoms with van der Waals surface area (Å²) in [4.78, 5) is 0.316. The van der Waals surface area contributed by atoms with Gasteiger partial charge in [0.05, 0.1) is 12.2 Å². The second-order valence-electron chi connectivity index (χ2n) is 5.29. The maximum Gasteiger partial charge on any atom is 0.123 e. The van der Waals surface area contributed by atoms with E-state index in [1.807, 2.05) is 0 Å². The molecule has 1 saturated heterocycles. The third-order valence-electron chi connectivity index (χ3n) is 3.75. The van der Waals surface area contributed by atoms with E-state index in [0.717, 1.165) is 24.0 Å². The van der Waals surface area contributed by atoms with Crippen LogP contribution < -0.4 is 0 Å². The van der Waals surface area contributed by atoms with Crippen molar-refractivity contribution in [3.8, 4) is 0 Å². The zero-order chi connectivity index (χ0) is 14.8. The lowest BCUT2D eigenvalue weighted by molar-refractivity contribution is -0.0500. The van der Waals surface area contributed by atoms with Crippen LogP contribution in [0.25, 0.3) is 0 Å². The zero-order valence-corrected chi connectivity index (χ0v) is 12.9. The third-order valence-corrected chi connectivity index (χ3v) is 4.50. The highest BCUT2D eigenvalue weighted by molar-refractivity contribution is 9.09. The van der Waals surface area contributed by atoms with Gasteiger partial charge in [-0.15, -0.1) is 0 Å². The summed E-state index contributed by atoms with van der Waals surface area (Å²) in [6.07, 6.45) is 1.50. The molecule has 0 N–H and O–H groups in total. The molecule has 1 nitrogen and oxygen atoms in total. The molecular formula is C17H15BrF2O. The molecular weight excluding hydrogens is 338 g/mol. The molecule has 1 fully saturated rings. The van der Waals surface area contributed by atoms with Crippen LogP contribution in [0.15, 0.2) is 48.5 Å². The zero-order valence-electron chi connectivity index (χ0n) is 11.3. The lowest BCUT2D eigenvalue weighted by atomic mass is 9.95. The van der Waals surface area contributed by atoms with Gasteiger partial charge in [0.25, 0.3) is 0 Å². The Hall–Kier alpha value is -1.26. The quantitative estimate of drug-likeness (QED) is 0.664. The maximum atomic E-state index is 13.0. The van der Waals surface area contributed by atoms with Crippen LogP contribution in [-0.4, -0.2) is 4.83 Å². The molecule has 1 aliphatic rings. The smallest absolute Gasteiger partial charge is 0.123 e. The third kappa shape index (κ3) is 3.50. The Morgan fingerprint density at radius 3 is 1.52 bits per heavy atom. The summed E-state index contributed by atoms with van der Waals surface area (Å²) >= 11 is 3.66. The first-order valence-corrected chi connectivity index (χ1v) is 7.84. The summed E-state index contributed by atoms with van der Waals surface area (Å²) in [5.74, 6) is -0.500. The summed E-state index contributed by atoms with van der Waals surface area (Å²) in [6.45, 7) is 0. The van der Waals surface area contributed by atoms with Crippen molar-refractivity contribution in [2.45, 2.75) is 29.9 Å². The molecule has 1 aliphatic heterocycles. The lowest BCUT2D eigenvalue weighted by Gasteiger charge is -2.33. The molecule has 0 radical (unpaired) electrons. The number of halogens is 3. The highest BCUT2D eigenvalue weighted by atomic mass is 79.9. The van der Waals surface area contributed by atoms with Gasteiger partial charge in [-0.25, -0.2) is 8.78 Å². The van der Waals surface area contributed by atoms with Crippen LogP contribution >= 0.6 is 15.9 Å². The summed E-state index contributed by atoms with van der Waals surface area (Å²) < 4.78 is 32.2.